The van der Waals surface area contributed by atoms with Gasteiger partial charge in [-0.3, -0.25) is 4.79 Å². The first-order valence-corrected chi connectivity index (χ1v) is 11.3. The molecular formula is C25H32FN3O2. The van der Waals surface area contributed by atoms with Gasteiger partial charge in [0.25, 0.3) is 5.91 Å². The molecule has 2 aromatic carbocycles. The van der Waals surface area contributed by atoms with Gasteiger partial charge in [-0.25, -0.2) is 4.39 Å². The topological polar surface area (TPSA) is 36.0 Å². The first-order valence-electron chi connectivity index (χ1n) is 11.3. The van der Waals surface area contributed by atoms with Crippen molar-refractivity contribution in [2.24, 2.45) is 0 Å². The number of carbonyl (C=O) groups excluding carboxylic acids is 1. The number of benzene rings is 2. The normalized spacial score (nSPS) is 18.6. The largest absolute Gasteiger partial charge is 0.494 e. The zero-order valence-electron chi connectivity index (χ0n) is 18.7. The second-order valence-corrected chi connectivity index (χ2v) is 8.72. The van der Waals surface area contributed by atoms with E-state index in [1.165, 1.54) is 0 Å². The van der Waals surface area contributed by atoms with Crippen LogP contribution in [0.1, 0.15) is 42.1 Å². The van der Waals surface area contributed by atoms with E-state index >= 15 is 4.39 Å². The number of hydrogen-bond donors (Lipinski definition) is 0. The Kier molecular flexibility index (Phi) is 6.46. The van der Waals surface area contributed by atoms with Crippen molar-refractivity contribution >= 4 is 17.3 Å². The standard InChI is InChI=1S/C25H32FN3O2/c1-4-5-14-31-21-7-8-22-18(15-21)10-13-29(25(22)30)24-9-6-19(16-23(24)26)28-12-11-20(17-28)27(2)3/h6-9,15-16,20H,4-5,10-14,17H2,1-3H3. The van der Waals surface area contributed by atoms with Gasteiger partial charge in [0.05, 0.1) is 12.3 Å². The molecular weight excluding hydrogens is 393 g/mol. The van der Waals surface area contributed by atoms with Crippen LogP contribution in [0.5, 0.6) is 5.75 Å². The number of ether oxygens (including phenoxy) is 1. The van der Waals surface area contributed by atoms with Crippen LogP contribution < -0.4 is 14.5 Å². The monoisotopic (exact) mass is 425 g/mol. The number of carbonyl (C=O) groups is 1. The molecule has 5 nitrogen and oxygen atoms in total. The third kappa shape index (κ3) is 4.54. The quantitative estimate of drug-likeness (QED) is 0.618. The fourth-order valence-corrected chi connectivity index (χ4v) is 4.43. The number of fused-ring (bicyclic) bond motifs is 1. The van der Waals surface area contributed by atoms with Crippen LogP contribution in [0.25, 0.3) is 0 Å². The summed E-state index contributed by atoms with van der Waals surface area (Å²) in [5.74, 6) is 0.301. The van der Waals surface area contributed by atoms with Crippen molar-refractivity contribution in [1.82, 2.24) is 4.90 Å². The molecule has 0 bridgehead atoms. The smallest absolute Gasteiger partial charge is 0.258 e. The maximum absolute atomic E-state index is 15.1. The van der Waals surface area contributed by atoms with Crippen LogP contribution >= 0.6 is 0 Å². The van der Waals surface area contributed by atoms with E-state index in [-0.39, 0.29) is 11.7 Å². The van der Waals surface area contributed by atoms with Crippen LogP contribution in [0.3, 0.4) is 0 Å². The lowest BCUT2D eigenvalue weighted by atomic mass is 9.98. The minimum atomic E-state index is -0.345. The highest BCUT2D eigenvalue weighted by atomic mass is 19.1. The van der Waals surface area contributed by atoms with Crippen LogP contribution in [0.4, 0.5) is 15.8 Å². The van der Waals surface area contributed by atoms with E-state index in [0.717, 1.165) is 49.4 Å². The second-order valence-electron chi connectivity index (χ2n) is 8.72. The Hall–Kier alpha value is -2.60. The summed E-state index contributed by atoms with van der Waals surface area (Å²) in [7, 11) is 4.16. The van der Waals surface area contributed by atoms with Gasteiger partial charge in [0.2, 0.25) is 0 Å². The van der Waals surface area contributed by atoms with Crippen LogP contribution in [0.2, 0.25) is 0 Å². The van der Waals surface area contributed by atoms with Gasteiger partial charge in [-0.2, -0.15) is 0 Å². The van der Waals surface area contributed by atoms with E-state index < -0.39 is 0 Å². The molecule has 4 rings (SSSR count). The van der Waals surface area contributed by atoms with E-state index in [1.807, 2.05) is 24.3 Å². The number of hydrogen-bond acceptors (Lipinski definition) is 4. The summed E-state index contributed by atoms with van der Waals surface area (Å²) in [6, 6.07) is 11.3. The van der Waals surface area contributed by atoms with Gasteiger partial charge in [0, 0.05) is 36.9 Å². The fraction of sp³-hybridized carbons (Fsp3) is 0.480. The van der Waals surface area contributed by atoms with Crippen LogP contribution in [-0.4, -0.2) is 57.2 Å². The maximum atomic E-state index is 15.1. The van der Waals surface area contributed by atoms with E-state index in [1.54, 1.807) is 17.0 Å². The van der Waals surface area contributed by atoms with Gasteiger partial charge >= 0.3 is 0 Å². The molecule has 1 amide bonds. The third-order valence-corrected chi connectivity index (χ3v) is 6.40. The Morgan fingerprint density at radius 1 is 1.16 bits per heavy atom. The molecule has 1 unspecified atom stereocenters. The molecule has 1 saturated heterocycles. The molecule has 2 heterocycles. The molecule has 0 aliphatic carbocycles. The number of likely N-dealkylation sites (N-methyl/N-ethyl adjacent to an activating group) is 1. The zero-order valence-corrected chi connectivity index (χ0v) is 18.7. The Balaban J connectivity index is 1.49. The van der Waals surface area contributed by atoms with Gasteiger partial charge in [-0.15, -0.1) is 0 Å². The van der Waals surface area contributed by atoms with Crippen molar-refractivity contribution in [3.63, 3.8) is 0 Å². The van der Waals surface area contributed by atoms with Crippen LogP contribution in [-0.2, 0) is 6.42 Å². The van der Waals surface area contributed by atoms with Crippen molar-refractivity contribution in [3.05, 3.63) is 53.3 Å². The number of rotatable bonds is 7. The van der Waals surface area contributed by atoms with Gasteiger partial charge in [-0.1, -0.05) is 13.3 Å². The van der Waals surface area contributed by atoms with Crippen LogP contribution in [0.15, 0.2) is 36.4 Å². The molecule has 0 saturated carbocycles. The highest BCUT2D eigenvalue weighted by Crippen LogP contribution is 2.32. The zero-order chi connectivity index (χ0) is 22.0. The van der Waals surface area contributed by atoms with Crippen molar-refractivity contribution in [2.75, 3.05) is 50.1 Å². The molecule has 0 aromatic heterocycles. The Morgan fingerprint density at radius 2 is 2.00 bits per heavy atom. The summed E-state index contributed by atoms with van der Waals surface area (Å²) < 4.78 is 20.8. The number of unbranched alkanes of at least 4 members (excludes halogenated alkanes) is 1. The van der Waals surface area contributed by atoms with Crippen LogP contribution in [0, 0.1) is 5.82 Å². The van der Waals surface area contributed by atoms with E-state index in [9.17, 15) is 4.79 Å². The molecule has 2 aromatic rings. The highest BCUT2D eigenvalue weighted by molar-refractivity contribution is 6.08. The predicted molar refractivity (Wildman–Crippen MR) is 123 cm³/mol. The average Bonchev–Trinajstić information content (AvgIpc) is 3.25. The molecule has 0 spiro atoms. The Morgan fingerprint density at radius 3 is 2.71 bits per heavy atom. The minimum Gasteiger partial charge on any atom is -0.494 e. The molecule has 2 aliphatic rings. The summed E-state index contributed by atoms with van der Waals surface area (Å²) in [6.45, 7) is 5.08. The summed E-state index contributed by atoms with van der Waals surface area (Å²) in [6.07, 6.45) is 3.84. The molecule has 0 N–H and O–H groups in total. The van der Waals surface area contributed by atoms with Gasteiger partial charge in [-0.05, 0) is 75.3 Å². The average molecular weight is 426 g/mol. The molecule has 31 heavy (non-hydrogen) atoms. The summed E-state index contributed by atoms with van der Waals surface area (Å²) in [5, 5.41) is 0. The number of halogens is 1. The summed E-state index contributed by atoms with van der Waals surface area (Å²) in [4.78, 5) is 19.1. The second kappa shape index (κ2) is 9.27. The van der Waals surface area contributed by atoms with Gasteiger partial charge < -0.3 is 19.4 Å². The Bertz CT molecular complexity index is 946. The van der Waals surface area contributed by atoms with E-state index in [4.69, 9.17) is 4.74 Å². The summed E-state index contributed by atoms with van der Waals surface area (Å²) in [5.41, 5.74) is 2.83. The van der Waals surface area contributed by atoms with E-state index in [0.29, 0.717) is 36.9 Å². The Labute approximate surface area is 184 Å². The first kappa shape index (κ1) is 21.6. The van der Waals surface area contributed by atoms with Gasteiger partial charge in [0.15, 0.2) is 0 Å². The number of amides is 1. The van der Waals surface area contributed by atoms with Crippen molar-refractivity contribution < 1.29 is 13.9 Å². The third-order valence-electron chi connectivity index (χ3n) is 6.40. The molecule has 1 fully saturated rings. The minimum absolute atomic E-state index is 0.151. The molecule has 2 aliphatic heterocycles. The van der Waals surface area contributed by atoms with Gasteiger partial charge in [0.1, 0.15) is 11.6 Å². The SMILES string of the molecule is CCCCOc1ccc2c(c1)CCN(c1ccc(N3CCC(N(C)C)C3)cc1F)C2=O. The van der Waals surface area contributed by atoms with Crippen molar-refractivity contribution in [2.45, 2.75) is 38.6 Å². The molecule has 0 radical (unpaired) electrons. The molecule has 6 heteroatoms. The van der Waals surface area contributed by atoms with E-state index in [2.05, 4.69) is 30.8 Å². The fourth-order valence-electron chi connectivity index (χ4n) is 4.43. The molecule has 166 valence electrons. The van der Waals surface area contributed by atoms with Crippen molar-refractivity contribution in [1.29, 1.82) is 0 Å². The lowest BCUT2D eigenvalue weighted by Gasteiger charge is -2.30. The predicted octanol–water partition coefficient (Wildman–Crippen LogP) is 4.35. The molecule has 1 atom stereocenters. The highest BCUT2D eigenvalue weighted by Gasteiger charge is 2.29. The first-order chi connectivity index (χ1) is 15.0. The lowest BCUT2D eigenvalue weighted by Crippen LogP contribution is -2.38. The lowest BCUT2D eigenvalue weighted by molar-refractivity contribution is 0.0979. The summed E-state index contributed by atoms with van der Waals surface area (Å²) >= 11 is 0. The maximum Gasteiger partial charge on any atom is 0.258 e. The number of anilines is 2. The number of nitrogens with zero attached hydrogens (tertiary/aromatic N) is 3. The van der Waals surface area contributed by atoms with Crippen molar-refractivity contribution in [3.8, 4) is 5.75 Å².